The number of aromatic carboxylic acids is 1. The molecule has 0 atom stereocenters. The van der Waals surface area contributed by atoms with Crippen LogP contribution in [0.15, 0.2) is 48.7 Å². The van der Waals surface area contributed by atoms with E-state index in [-0.39, 0.29) is 22.5 Å². The largest absolute Gasteiger partial charge is 0.478 e. The smallest absolute Gasteiger partial charge is 0.416 e. The fourth-order valence-electron chi connectivity index (χ4n) is 2.20. The Balaban J connectivity index is 2.18. The van der Waals surface area contributed by atoms with Crippen LogP contribution in [0.25, 0.3) is 22.3 Å². The molecule has 3 aromatic rings. The molecule has 116 valence electrons. The second kappa shape index (κ2) is 5.35. The Morgan fingerprint density at radius 3 is 2.52 bits per heavy atom. The summed E-state index contributed by atoms with van der Waals surface area (Å²) in [7, 11) is 0. The van der Waals surface area contributed by atoms with Gasteiger partial charge in [0.25, 0.3) is 0 Å². The van der Waals surface area contributed by atoms with E-state index in [1.54, 1.807) is 12.1 Å². The Morgan fingerprint density at radius 2 is 1.83 bits per heavy atom. The Labute approximate surface area is 128 Å². The predicted molar refractivity (Wildman–Crippen MR) is 76.9 cm³/mol. The normalized spacial score (nSPS) is 11.6. The molecule has 0 radical (unpaired) electrons. The van der Waals surface area contributed by atoms with Crippen LogP contribution in [-0.4, -0.2) is 21.0 Å². The molecule has 7 heteroatoms. The highest BCUT2D eigenvalue weighted by atomic mass is 19.4. The molecule has 23 heavy (non-hydrogen) atoms. The van der Waals surface area contributed by atoms with Gasteiger partial charge in [-0.25, -0.2) is 14.8 Å². The molecule has 0 unspecified atom stereocenters. The molecule has 1 aromatic heterocycles. The van der Waals surface area contributed by atoms with Crippen molar-refractivity contribution in [2.24, 2.45) is 0 Å². The first-order chi connectivity index (χ1) is 10.9. The van der Waals surface area contributed by atoms with Crippen LogP contribution < -0.4 is 0 Å². The van der Waals surface area contributed by atoms with Crippen LogP contribution in [0.1, 0.15) is 15.9 Å². The summed E-state index contributed by atoms with van der Waals surface area (Å²) in [6, 6.07) is 9.16. The zero-order chi connectivity index (χ0) is 16.6. The highest BCUT2D eigenvalue weighted by Crippen LogP contribution is 2.31. The van der Waals surface area contributed by atoms with Crippen molar-refractivity contribution in [3.8, 4) is 11.4 Å². The van der Waals surface area contributed by atoms with Crippen LogP contribution in [0.2, 0.25) is 0 Å². The van der Waals surface area contributed by atoms with E-state index in [4.69, 9.17) is 0 Å². The van der Waals surface area contributed by atoms with Gasteiger partial charge >= 0.3 is 12.1 Å². The minimum atomic E-state index is -4.47. The van der Waals surface area contributed by atoms with Crippen molar-refractivity contribution >= 4 is 16.9 Å². The van der Waals surface area contributed by atoms with Crippen molar-refractivity contribution in [3.05, 3.63) is 59.8 Å². The molecule has 0 spiro atoms. The predicted octanol–water partition coefficient (Wildman–Crippen LogP) is 4.01. The van der Waals surface area contributed by atoms with Crippen LogP contribution in [-0.2, 0) is 6.18 Å². The third kappa shape index (κ3) is 2.85. The number of carboxylic acids is 1. The number of rotatable bonds is 2. The second-order valence-electron chi connectivity index (χ2n) is 4.82. The van der Waals surface area contributed by atoms with Crippen molar-refractivity contribution < 1.29 is 23.1 Å². The summed E-state index contributed by atoms with van der Waals surface area (Å²) in [5.74, 6) is -1.12. The van der Waals surface area contributed by atoms with Crippen molar-refractivity contribution in [2.75, 3.05) is 0 Å². The molecular formula is C16H9F3N2O2. The first-order valence-electron chi connectivity index (χ1n) is 6.53. The average molecular weight is 318 g/mol. The van der Waals surface area contributed by atoms with Gasteiger partial charge in [-0.2, -0.15) is 13.2 Å². The average Bonchev–Trinajstić information content (AvgIpc) is 2.53. The van der Waals surface area contributed by atoms with E-state index in [1.165, 1.54) is 24.4 Å². The maximum Gasteiger partial charge on any atom is 0.416 e. The highest BCUT2D eigenvalue weighted by molar-refractivity contribution is 6.01. The van der Waals surface area contributed by atoms with E-state index >= 15 is 0 Å². The number of fused-ring (bicyclic) bond motifs is 1. The molecule has 3 rings (SSSR count). The first-order valence-corrected chi connectivity index (χ1v) is 6.53. The van der Waals surface area contributed by atoms with Gasteiger partial charge in [-0.1, -0.05) is 24.3 Å². The topological polar surface area (TPSA) is 63.1 Å². The Kier molecular flexibility index (Phi) is 3.48. The van der Waals surface area contributed by atoms with Crippen molar-refractivity contribution in [1.29, 1.82) is 0 Å². The van der Waals surface area contributed by atoms with Crippen molar-refractivity contribution in [3.63, 3.8) is 0 Å². The van der Waals surface area contributed by atoms with E-state index < -0.39 is 17.7 Å². The summed E-state index contributed by atoms with van der Waals surface area (Å²) in [4.78, 5) is 19.4. The number of alkyl halides is 3. The van der Waals surface area contributed by atoms with E-state index in [0.29, 0.717) is 5.39 Å². The summed E-state index contributed by atoms with van der Waals surface area (Å²) < 4.78 is 38.4. The lowest BCUT2D eigenvalue weighted by atomic mass is 10.1. The molecule has 1 N–H and O–H groups in total. The molecule has 0 aliphatic heterocycles. The molecule has 2 aromatic carbocycles. The fourth-order valence-corrected chi connectivity index (χ4v) is 2.20. The molecular weight excluding hydrogens is 309 g/mol. The summed E-state index contributed by atoms with van der Waals surface area (Å²) in [5, 5.41) is 9.69. The monoisotopic (exact) mass is 318 g/mol. The Hall–Kier alpha value is -2.96. The van der Waals surface area contributed by atoms with Gasteiger partial charge in [0.15, 0.2) is 5.82 Å². The van der Waals surface area contributed by atoms with Crippen LogP contribution in [0.3, 0.4) is 0 Å². The van der Waals surface area contributed by atoms with Gasteiger partial charge in [-0.15, -0.1) is 0 Å². The lowest BCUT2D eigenvalue weighted by molar-refractivity contribution is -0.137. The third-order valence-electron chi connectivity index (χ3n) is 3.29. The third-order valence-corrected chi connectivity index (χ3v) is 3.29. The molecule has 4 nitrogen and oxygen atoms in total. The number of halogens is 3. The van der Waals surface area contributed by atoms with Crippen LogP contribution in [0, 0.1) is 0 Å². The van der Waals surface area contributed by atoms with Crippen LogP contribution in [0.5, 0.6) is 0 Å². The summed E-state index contributed by atoms with van der Waals surface area (Å²) in [6.07, 6.45) is -3.08. The fraction of sp³-hybridized carbons (Fsp3) is 0.0625. The number of carbonyl (C=O) groups is 1. The van der Waals surface area contributed by atoms with Gasteiger partial charge < -0.3 is 5.11 Å². The Bertz CT molecular complexity index is 907. The number of para-hydroxylation sites is 1. The molecule has 0 fully saturated rings. The molecule has 0 saturated heterocycles. The number of hydrogen-bond donors (Lipinski definition) is 1. The first kappa shape index (κ1) is 15.0. The van der Waals surface area contributed by atoms with Crippen LogP contribution in [0.4, 0.5) is 13.2 Å². The quantitative estimate of drug-likeness (QED) is 0.775. The zero-order valence-electron chi connectivity index (χ0n) is 11.5. The van der Waals surface area contributed by atoms with Gasteiger partial charge in [-0.3, -0.25) is 0 Å². The minimum absolute atomic E-state index is 0.0295. The van der Waals surface area contributed by atoms with Crippen molar-refractivity contribution in [1.82, 2.24) is 9.97 Å². The number of benzene rings is 2. The van der Waals surface area contributed by atoms with Gasteiger partial charge in [0.1, 0.15) is 0 Å². The van der Waals surface area contributed by atoms with Gasteiger partial charge in [0.2, 0.25) is 0 Å². The van der Waals surface area contributed by atoms with E-state index in [1.807, 2.05) is 0 Å². The second-order valence-corrected chi connectivity index (χ2v) is 4.82. The van der Waals surface area contributed by atoms with Gasteiger partial charge in [0, 0.05) is 17.1 Å². The zero-order valence-corrected chi connectivity index (χ0v) is 11.5. The molecule has 0 aliphatic rings. The maximum atomic E-state index is 12.8. The molecule has 0 aliphatic carbocycles. The number of hydrogen-bond acceptors (Lipinski definition) is 3. The minimum Gasteiger partial charge on any atom is -0.478 e. The number of aromatic nitrogens is 2. The molecule has 0 amide bonds. The molecule has 1 heterocycles. The lowest BCUT2D eigenvalue weighted by Gasteiger charge is -2.09. The van der Waals surface area contributed by atoms with E-state index in [2.05, 4.69) is 9.97 Å². The van der Waals surface area contributed by atoms with E-state index in [9.17, 15) is 23.1 Å². The molecule has 0 saturated carbocycles. The summed E-state index contributed by atoms with van der Waals surface area (Å²) in [6.45, 7) is 0. The Morgan fingerprint density at radius 1 is 1.09 bits per heavy atom. The van der Waals surface area contributed by atoms with Crippen LogP contribution >= 0.6 is 0 Å². The highest BCUT2D eigenvalue weighted by Gasteiger charge is 2.30. The van der Waals surface area contributed by atoms with E-state index in [0.717, 1.165) is 12.1 Å². The maximum absolute atomic E-state index is 12.8. The summed E-state index contributed by atoms with van der Waals surface area (Å²) >= 11 is 0. The molecule has 0 bridgehead atoms. The SMILES string of the molecule is O=C(O)c1cccc2cnc(-c3cccc(C(F)(F)F)c3)nc12. The lowest BCUT2D eigenvalue weighted by Crippen LogP contribution is -2.05. The number of nitrogens with zero attached hydrogens (tertiary/aromatic N) is 2. The van der Waals surface area contributed by atoms with Gasteiger partial charge in [0.05, 0.1) is 16.6 Å². The summed E-state index contributed by atoms with van der Waals surface area (Å²) in [5.41, 5.74) is -0.493. The van der Waals surface area contributed by atoms with Gasteiger partial charge in [-0.05, 0) is 18.2 Å². The number of carboxylic acid groups (broad SMARTS) is 1. The standard InChI is InChI=1S/C16H9F3N2O2/c17-16(18,19)11-5-1-3-9(7-11)14-20-8-10-4-2-6-12(15(22)23)13(10)21-14/h1-8H,(H,22,23). The van der Waals surface area contributed by atoms with Crippen molar-refractivity contribution in [2.45, 2.75) is 6.18 Å².